The van der Waals surface area contributed by atoms with Crippen LogP contribution < -0.4 is 5.32 Å². The Morgan fingerprint density at radius 1 is 1.09 bits per heavy atom. The Balaban J connectivity index is 0. The fourth-order valence-corrected chi connectivity index (χ4v) is 2.09. The van der Waals surface area contributed by atoms with Crippen LogP contribution in [0.2, 0.25) is 0 Å². The number of hydrogen-bond acceptors (Lipinski definition) is 5. The lowest BCUT2D eigenvalue weighted by Gasteiger charge is -2.20. The molecular weight excluding hydrogens is 292 g/mol. The molecule has 1 heterocycles. The zero-order chi connectivity index (χ0) is 17.9. The highest BCUT2D eigenvalue weighted by molar-refractivity contribution is 5.72. The highest BCUT2D eigenvalue weighted by Gasteiger charge is 2.21. The molecule has 0 aromatic rings. The SMILES string of the molecule is CC.CCOC(=O)C1CCNCC1.CCOCCCCN(C)C. The fraction of sp³-hybridized carbons (Fsp3) is 0.944. The first-order chi connectivity index (χ1) is 11.1. The quantitative estimate of drug-likeness (QED) is 0.547. The Morgan fingerprint density at radius 3 is 2.17 bits per heavy atom. The highest BCUT2D eigenvalue weighted by Crippen LogP contribution is 2.12. The largest absolute Gasteiger partial charge is 0.466 e. The van der Waals surface area contributed by atoms with Gasteiger partial charge in [0.2, 0.25) is 0 Å². The van der Waals surface area contributed by atoms with Gasteiger partial charge < -0.3 is 19.7 Å². The molecule has 0 aliphatic carbocycles. The van der Waals surface area contributed by atoms with E-state index < -0.39 is 0 Å². The summed E-state index contributed by atoms with van der Waals surface area (Å²) in [6.07, 6.45) is 4.29. The van der Waals surface area contributed by atoms with Crippen LogP contribution in [0.4, 0.5) is 0 Å². The van der Waals surface area contributed by atoms with Gasteiger partial charge in [-0.1, -0.05) is 13.8 Å². The Morgan fingerprint density at radius 2 is 1.70 bits per heavy atom. The Bertz CT molecular complexity index is 242. The standard InChI is InChI=1S/C8H15NO2.C8H19NO.C2H6/c1-2-11-8(10)7-3-5-9-6-4-7;1-4-10-8-6-5-7-9(2)3;1-2/h7,9H,2-6H2,1H3;4-8H2,1-3H3;1-2H3. The molecule has 5 heteroatoms. The van der Waals surface area contributed by atoms with E-state index in [2.05, 4.69) is 24.3 Å². The van der Waals surface area contributed by atoms with Gasteiger partial charge in [-0.3, -0.25) is 4.79 Å². The summed E-state index contributed by atoms with van der Waals surface area (Å²) in [6.45, 7) is 13.2. The minimum absolute atomic E-state index is 0.0194. The molecule has 0 atom stereocenters. The maximum absolute atomic E-state index is 11.1. The van der Waals surface area contributed by atoms with Crippen LogP contribution in [0.5, 0.6) is 0 Å². The van der Waals surface area contributed by atoms with Gasteiger partial charge in [-0.2, -0.15) is 0 Å². The molecular formula is C18H40N2O3. The number of piperidine rings is 1. The second-order valence-corrected chi connectivity index (χ2v) is 5.48. The molecule has 140 valence electrons. The highest BCUT2D eigenvalue weighted by atomic mass is 16.5. The van der Waals surface area contributed by atoms with E-state index >= 15 is 0 Å². The van der Waals surface area contributed by atoms with E-state index in [1.54, 1.807) is 0 Å². The molecule has 1 saturated heterocycles. The van der Waals surface area contributed by atoms with Gasteiger partial charge >= 0.3 is 5.97 Å². The van der Waals surface area contributed by atoms with Gasteiger partial charge in [0, 0.05) is 13.2 Å². The van der Waals surface area contributed by atoms with Crippen LogP contribution >= 0.6 is 0 Å². The third-order valence-electron chi connectivity index (χ3n) is 3.31. The van der Waals surface area contributed by atoms with Gasteiger partial charge in [-0.05, 0) is 73.3 Å². The molecule has 1 aliphatic heterocycles. The first-order valence-electron chi connectivity index (χ1n) is 9.21. The number of rotatable bonds is 8. The summed E-state index contributed by atoms with van der Waals surface area (Å²) < 4.78 is 10.1. The number of nitrogens with zero attached hydrogens (tertiary/aromatic N) is 1. The summed E-state index contributed by atoms with van der Waals surface area (Å²) in [7, 11) is 4.20. The summed E-state index contributed by atoms with van der Waals surface area (Å²) >= 11 is 0. The van der Waals surface area contributed by atoms with Gasteiger partial charge in [-0.25, -0.2) is 0 Å². The van der Waals surface area contributed by atoms with Crippen molar-refractivity contribution >= 4 is 5.97 Å². The minimum atomic E-state index is -0.0194. The van der Waals surface area contributed by atoms with Gasteiger partial charge in [0.25, 0.3) is 0 Å². The second-order valence-electron chi connectivity index (χ2n) is 5.48. The maximum atomic E-state index is 11.1. The van der Waals surface area contributed by atoms with E-state index in [0.29, 0.717) is 6.61 Å². The Kier molecular flexibility index (Phi) is 20.7. The Hall–Kier alpha value is -0.650. The van der Waals surface area contributed by atoms with Crippen molar-refractivity contribution < 1.29 is 14.3 Å². The normalized spacial score (nSPS) is 14.4. The topological polar surface area (TPSA) is 50.8 Å². The van der Waals surface area contributed by atoms with Crippen molar-refractivity contribution in [1.29, 1.82) is 0 Å². The predicted octanol–water partition coefficient (Wildman–Crippen LogP) is 2.94. The summed E-state index contributed by atoms with van der Waals surface area (Å²) in [5.41, 5.74) is 0. The van der Waals surface area contributed by atoms with Gasteiger partial charge in [-0.15, -0.1) is 0 Å². The van der Waals surface area contributed by atoms with E-state index in [9.17, 15) is 4.79 Å². The molecule has 0 spiro atoms. The molecule has 1 rings (SSSR count). The second kappa shape index (κ2) is 19.4. The van der Waals surface area contributed by atoms with Crippen LogP contribution in [0.15, 0.2) is 0 Å². The van der Waals surface area contributed by atoms with Crippen molar-refractivity contribution in [3.63, 3.8) is 0 Å². The number of ether oxygens (including phenoxy) is 2. The predicted molar refractivity (Wildman–Crippen MR) is 97.9 cm³/mol. The van der Waals surface area contributed by atoms with Gasteiger partial charge in [0.1, 0.15) is 0 Å². The minimum Gasteiger partial charge on any atom is -0.466 e. The average molecular weight is 333 g/mol. The van der Waals surface area contributed by atoms with Crippen LogP contribution in [0.1, 0.15) is 53.4 Å². The van der Waals surface area contributed by atoms with E-state index in [1.807, 2.05) is 27.7 Å². The zero-order valence-electron chi connectivity index (χ0n) is 16.3. The molecule has 0 aromatic heterocycles. The van der Waals surface area contributed by atoms with Crippen molar-refractivity contribution in [2.45, 2.75) is 53.4 Å². The van der Waals surface area contributed by atoms with Crippen molar-refractivity contribution in [1.82, 2.24) is 10.2 Å². The number of unbranched alkanes of at least 4 members (excludes halogenated alkanes) is 1. The molecule has 23 heavy (non-hydrogen) atoms. The van der Waals surface area contributed by atoms with E-state index in [1.165, 1.54) is 19.4 Å². The first-order valence-corrected chi connectivity index (χ1v) is 9.21. The van der Waals surface area contributed by atoms with Crippen molar-refractivity contribution in [2.24, 2.45) is 5.92 Å². The summed E-state index contributed by atoms with van der Waals surface area (Å²) in [4.78, 5) is 13.3. The number of nitrogens with one attached hydrogen (secondary N) is 1. The van der Waals surface area contributed by atoms with E-state index in [-0.39, 0.29) is 11.9 Å². The zero-order valence-corrected chi connectivity index (χ0v) is 16.3. The molecule has 1 aliphatic rings. The smallest absolute Gasteiger partial charge is 0.309 e. The van der Waals surface area contributed by atoms with Crippen LogP contribution in [-0.4, -0.2) is 64.4 Å². The number of carbonyl (C=O) groups is 1. The first kappa shape index (κ1) is 24.6. The molecule has 5 nitrogen and oxygen atoms in total. The molecule has 0 bridgehead atoms. The molecule has 0 unspecified atom stereocenters. The molecule has 1 N–H and O–H groups in total. The lowest BCUT2D eigenvalue weighted by atomic mass is 9.99. The fourth-order valence-electron chi connectivity index (χ4n) is 2.09. The summed E-state index contributed by atoms with van der Waals surface area (Å²) in [6, 6.07) is 0. The third kappa shape index (κ3) is 17.5. The summed E-state index contributed by atoms with van der Waals surface area (Å²) in [5, 5.41) is 3.20. The number of carbonyl (C=O) groups excluding carboxylic acids is 1. The van der Waals surface area contributed by atoms with Crippen molar-refractivity contribution in [3.05, 3.63) is 0 Å². The van der Waals surface area contributed by atoms with Crippen LogP contribution in [0, 0.1) is 5.92 Å². The monoisotopic (exact) mass is 332 g/mol. The van der Waals surface area contributed by atoms with Crippen LogP contribution in [-0.2, 0) is 14.3 Å². The lowest BCUT2D eigenvalue weighted by molar-refractivity contribution is -0.148. The average Bonchev–Trinajstić information content (AvgIpc) is 2.58. The maximum Gasteiger partial charge on any atom is 0.309 e. The van der Waals surface area contributed by atoms with Crippen LogP contribution in [0.25, 0.3) is 0 Å². The van der Waals surface area contributed by atoms with Crippen molar-refractivity contribution in [2.75, 3.05) is 53.6 Å². The molecule has 0 saturated carbocycles. The van der Waals surface area contributed by atoms with Crippen LogP contribution in [0.3, 0.4) is 0 Å². The number of esters is 1. The summed E-state index contributed by atoms with van der Waals surface area (Å²) in [5.74, 6) is 0.130. The Labute approximate surface area is 144 Å². The lowest BCUT2D eigenvalue weighted by Crippen LogP contribution is -2.32. The van der Waals surface area contributed by atoms with Gasteiger partial charge in [0.15, 0.2) is 0 Å². The molecule has 1 fully saturated rings. The number of hydrogen-bond donors (Lipinski definition) is 1. The third-order valence-corrected chi connectivity index (χ3v) is 3.31. The van der Waals surface area contributed by atoms with Gasteiger partial charge in [0.05, 0.1) is 12.5 Å². The molecule has 0 aromatic carbocycles. The van der Waals surface area contributed by atoms with E-state index in [4.69, 9.17) is 9.47 Å². The van der Waals surface area contributed by atoms with E-state index in [0.717, 1.165) is 39.1 Å². The molecule has 0 radical (unpaired) electrons. The van der Waals surface area contributed by atoms with Crippen molar-refractivity contribution in [3.8, 4) is 0 Å². The molecule has 0 amide bonds.